The lowest BCUT2D eigenvalue weighted by atomic mass is 9.77. The number of anilines is 1. The van der Waals surface area contributed by atoms with E-state index in [2.05, 4.69) is 22.6 Å². The molecule has 0 saturated carbocycles. The molecule has 6 nitrogen and oxygen atoms in total. The topological polar surface area (TPSA) is 80.8 Å². The van der Waals surface area contributed by atoms with Gasteiger partial charge in [0.2, 0.25) is 29.0 Å². The van der Waals surface area contributed by atoms with Crippen molar-refractivity contribution >= 4 is 51.7 Å². The number of Topliss-reactive ketones (excluding diaryl/α,β-unsaturated/α-hetero) is 2. The van der Waals surface area contributed by atoms with E-state index in [0.717, 1.165) is 14.0 Å². The van der Waals surface area contributed by atoms with E-state index in [4.69, 9.17) is 4.74 Å². The highest BCUT2D eigenvalue weighted by Crippen LogP contribution is 2.57. The number of benzene rings is 3. The van der Waals surface area contributed by atoms with Crippen molar-refractivity contribution in [3.05, 3.63) is 98.6 Å². The standard InChI is InChI=1S/C27H18INO5/c1-14-10-12-15(13-11-14)22-20-21(26(33)29(25(20)32)19-9-5-4-8-18(19)28)27(34-22)23(30)16-6-2-3-7-17(16)24(27)31/h2-13,20-22H,1H3. The lowest BCUT2D eigenvalue weighted by Gasteiger charge is -2.27. The summed E-state index contributed by atoms with van der Waals surface area (Å²) in [5.41, 5.74) is 0.516. The summed E-state index contributed by atoms with van der Waals surface area (Å²) in [4.78, 5) is 56.3. The van der Waals surface area contributed by atoms with Crippen LogP contribution >= 0.6 is 22.6 Å². The molecule has 2 aliphatic heterocycles. The number of hydrogen-bond acceptors (Lipinski definition) is 5. The molecule has 3 aromatic rings. The van der Waals surface area contributed by atoms with Gasteiger partial charge in [-0.05, 0) is 47.2 Å². The Kier molecular flexibility index (Phi) is 4.66. The van der Waals surface area contributed by atoms with Crippen molar-refractivity contribution in [3.8, 4) is 0 Å². The summed E-state index contributed by atoms with van der Waals surface area (Å²) in [6, 6.07) is 20.9. The molecule has 2 fully saturated rings. The van der Waals surface area contributed by atoms with Crippen molar-refractivity contribution in [3.63, 3.8) is 0 Å². The Morgan fingerprint density at radius 1 is 0.794 bits per heavy atom. The Bertz CT molecular complexity index is 1380. The van der Waals surface area contributed by atoms with Gasteiger partial charge in [0.1, 0.15) is 0 Å². The predicted molar refractivity (Wildman–Crippen MR) is 131 cm³/mol. The number of imide groups is 1. The van der Waals surface area contributed by atoms with Crippen molar-refractivity contribution in [2.45, 2.75) is 18.6 Å². The van der Waals surface area contributed by atoms with E-state index in [1.165, 1.54) is 0 Å². The van der Waals surface area contributed by atoms with Crippen LogP contribution < -0.4 is 4.90 Å². The molecule has 3 atom stereocenters. The summed E-state index contributed by atoms with van der Waals surface area (Å²) in [6.07, 6.45) is -0.907. The van der Waals surface area contributed by atoms with Crippen LogP contribution in [0.5, 0.6) is 0 Å². The van der Waals surface area contributed by atoms with E-state index in [1.54, 1.807) is 42.5 Å². The van der Waals surface area contributed by atoms with Gasteiger partial charge in [0.15, 0.2) is 0 Å². The number of rotatable bonds is 2. The van der Waals surface area contributed by atoms with Crippen molar-refractivity contribution in [1.82, 2.24) is 0 Å². The van der Waals surface area contributed by atoms with Gasteiger partial charge in [-0.25, -0.2) is 4.90 Å². The number of para-hydroxylation sites is 1. The van der Waals surface area contributed by atoms with Crippen LogP contribution in [0.2, 0.25) is 0 Å². The number of carbonyl (C=O) groups excluding carboxylic acids is 4. The number of hydrogen-bond donors (Lipinski definition) is 0. The van der Waals surface area contributed by atoms with Crippen molar-refractivity contribution in [2.75, 3.05) is 4.90 Å². The number of amides is 2. The lowest BCUT2D eigenvalue weighted by Crippen LogP contribution is -2.51. The highest BCUT2D eigenvalue weighted by Gasteiger charge is 2.74. The molecule has 168 valence electrons. The van der Waals surface area contributed by atoms with Crippen molar-refractivity contribution in [2.24, 2.45) is 11.8 Å². The average Bonchev–Trinajstić information content (AvgIpc) is 3.40. The first kappa shape index (κ1) is 21.4. The number of nitrogens with zero attached hydrogens (tertiary/aromatic N) is 1. The molecule has 0 aromatic heterocycles. The van der Waals surface area contributed by atoms with Crippen LogP contribution in [0.15, 0.2) is 72.8 Å². The normalized spacial score (nSPS) is 24.8. The third kappa shape index (κ3) is 2.65. The maximum Gasteiger partial charge on any atom is 0.241 e. The molecule has 3 aromatic carbocycles. The number of fused-ring (bicyclic) bond motifs is 3. The van der Waals surface area contributed by atoms with E-state index >= 15 is 0 Å². The maximum atomic E-state index is 13.9. The number of ketones is 2. The van der Waals surface area contributed by atoms with Gasteiger partial charge in [-0.15, -0.1) is 0 Å². The molecule has 1 aliphatic carbocycles. The molecule has 34 heavy (non-hydrogen) atoms. The first-order valence-corrected chi connectivity index (χ1v) is 12.0. The summed E-state index contributed by atoms with van der Waals surface area (Å²) < 4.78 is 7.01. The highest BCUT2D eigenvalue weighted by atomic mass is 127. The number of ether oxygens (including phenoxy) is 1. The largest absolute Gasteiger partial charge is 0.349 e. The molecular formula is C27H18INO5. The zero-order chi connectivity index (χ0) is 23.8. The smallest absolute Gasteiger partial charge is 0.241 e. The summed E-state index contributed by atoms with van der Waals surface area (Å²) in [7, 11) is 0. The Morgan fingerprint density at radius 3 is 2.00 bits per heavy atom. The van der Waals surface area contributed by atoms with Gasteiger partial charge in [-0.2, -0.15) is 0 Å². The Labute approximate surface area is 209 Å². The van der Waals surface area contributed by atoms with Crippen LogP contribution in [-0.4, -0.2) is 29.0 Å². The molecule has 0 N–H and O–H groups in total. The van der Waals surface area contributed by atoms with E-state index < -0.39 is 46.9 Å². The van der Waals surface area contributed by atoms with Crippen LogP contribution in [0.1, 0.15) is 37.9 Å². The molecule has 0 radical (unpaired) electrons. The Hall–Kier alpha value is -3.17. The molecule has 3 aliphatic rings. The maximum absolute atomic E-state index is 13.9. The van der Waals surface area contributed by atoms with Gasteiger partial charge >= 0.3 is 0 Å². The fourth-order valence-corrected chi connectivity index (χ4v) is 6.07. The third-order valence-corrected chi connectivity index (χ3v) is 7.93. The van der Waals surface area contributed by atoms with Crippen LogP contribution in [0, 0.1) is 22.3 Å². The predicted octanol–water partition coefficient (Wildman–Crippen LogP) is 4.29. The van der Waals surface area contributed by atoms with Crippen molar-refractivity contribution < 1.29 is 23.9 Å². The zero-order valence-electron chi connectivity index (χ0n) is 18.0. The fourth-order valence-electron chi connectivity index (χ4n) is 5.44. The lowest BCUT2D eigenvalue weighted by molar-refractivity contribution is -0.127. The monoisotopic (exact) mass is 563 g/mol. The van der Waals surface area contributed by atoms with Gasteiger partial charge < -0.3 is 4.74 Å². The van der Waals surface area contributed by atoms with Gasteiger partial charge in [-0.3, -0.25) is 19.2 Å². The van der Waals surface area contributed by atoms with Crippen LogP contribution in [-0.2, 0) is 14.3 Å². The molecular weight excluding hydrogens is 545 g/mol. The average molecular weight is 563 g/mol. The zero-order valence-corrected chi connectivity index (χ0v) is 20.2. The molecule has 2 amide bonds. The summed E-state index contributed by atoms with van der Waals surface area (Å²) >= 11 is 2.07. The Balaban J connectivity index is 1.56. The number of halogens is 1. The first-order chi connectivity index (χ1) is 16.4. The molecule has 6 rings (SSSR count). The molecule has 0 bridgehead atoms. The quantitative estimate of drug-likeness (QED) is 0.264. The van der Waals surface area contributed by atoms with Gasteiger partial charge in [0, 0.05) is 14.7 Å². The minimum absolute atomic E-state index is 0.226. The molecule has 2 heterocycles. The third-order valence-electron chi connectivity index (χ3n) is 7.02. The Morgan fingerprint density at radius 2 is 1.38 bits per heavy atom. The minimum atomic E-state index is -2.05. The number of carbonyl (C=O) groups is 4. The summed E-state index contributed by atoms with van der Waals surface area (Å²) in [5.74, 6) is -4.38. The SMILES string of the molecule is Cc1ccc(C2OC3(C(=O)c4ccccc4C3=O)C3C(=O)N(c4ccccc4I)C(=O)C23)cc1. The molecule has 7 heteroatoms. The summed E-state index contributed by atoms with van der Waals surface area (Å²) in [6.45, 7) is 1.94. The van der Waals surface area contributed by atoms with E-state index in [9.17, 15) is 19.2 Å². The highest BCUT2D eigenvalue weighted by molar-refractivity contribution is 14.1. The van der Waals surface area contributed by atoms with Gasteiger partial charge in [-0.1, -0.05) is 66.2 Å². The second-order valence-electron chi connectivity index (χ2n) is 8.86. The van der Waals surface area contributed by atoms with Crippen LogP contribution in [0.3, 0.4) is 0 Å². The fraction of sp³-hybridized carbons (Fsp3) is 0.185. The van der Waals surface area contributed by atoms with Gasteiger partial charge in [0.25, 0.3) is 0 Å². The van der Waals surface area contributed by atoms with E-state index in [0.29, 0.717) is 11.3 Å². The first-order valence-electron chi connectivity index (χ1n) is 10.9. The summed E-state index contributed by atoms with van der Waals surface area (Å²) in [5, 5.41) is 0. The second kappa shape index (κ2) is 7.41. The molecule has 2 saturated heterocycles. The van der Waals surface area contributed by atoms with Crippen LogP contribution in [0.25, 0.3) is 0 Å². The van der Waals surface area contributed by atoms with Crippen LogP contribution in [0.4, 0.5) is 5.69 Å². The van der Waals surface area contributed by atoms with E-state index in [1.807, 2.05) is 37.3 Å². The second-order valence-corrected chi connectivity index (χ2v) is 10.0. The van der Waals surface area contributed by atoms with Crippen molar-refractivity contribution in [1.29, 1.82) is 0 Å². The van der Waals surface area contributed by atoms with E-state index in [-0.39, 0.29) is 11.1 Å². The minimum Gasteiger partial charge on any atom is -0.349 e. The molecule has 3 unspecified atom stereocenters. The molecule has 1 spiro atoms. The number of aryl methyl sites for hydroxylation is 1. The van der Waals surface area contributed by atoms with Gasteiger partial charge in [0.05, 0.1) is 23.6 Å².